The van der Waals surface area contributed by atoms with Gasteiger partial charge in [-0.25, -0.2) is 0 Å². The molecule has 2 aromatic carbocycles. The summed E-state index contributed by atoms with van der Waals surface area (Å²) >= 11 is 12.5. The fraction of sp³-hybridized carbons (Fsp3) is 0.294. The van der Waals surface area contributed by atoms with Crippen LogP contribution in [0.1, 0.15) is 17.2 Å². The van der Waals surface area contributed by atoms with Crippen molar-refractivity contribution in [2.24, 2.45) is 0 Å². The molecular weight excluding hydrogens is 303 g/mol. The van der Waals surface area contributed by atoms with Gasteiger partial charge < -0.3 is 5.32 Å². The molecule has 2 nitrogen and oxygen atoms in total. The lowest BCUT2D eigenvalue weighted by Gasteiger charge is -2.36. The van der Waals surface area contributed by atoms with Crippen molar-refractivity contribution in [3.05, 3.63) is 69.7 Å². The maximum atomic E-state index is 6.45. The Labute approximate surface area is 135 Å². The van der Waals surface area contributed by atoms with Crippen molar-refractivity contribution in [2.45, 2.75) is 6.04 Å². The maximum Gasteiger partial charge on any atom is 0.0617 e. The van der Waals surface area contributed by atoms with Crippen molar-refractivity contribution in [3.8, 4) is 0 Å². The molecule has 1 atom stereocenters. The lowest BCUT2D eigenvalue weighted by Crippen LogP contribution is -2.45. The lowest BCUT2D eigenvalue weighted by molar-refractivity contribution is 0.198. The van der Waals surface area contributed by atoms with Crippen molar-refractivity contribution in [1.29, 1.82) is 0 Å². The molecule has 110 valence electrons. The molecule has 0 aromatic heterocycles. The highest BCUT2D eigenvalue weighted by Crippen LogP contribution is 2.33. The zero-order valence-electron chi connectivity index (χ0n) is 11.7. The first-order valence-corrected chi connectivity index (χ1v) is 7.96. The van der Waals surface area contributed by atoms with E-state index in [4.69, 9.17) is 23.2 Å². The largest absolute Gasteiger partial charge is 0.314 e. The van der Waals surface area contributed by atoms with Crippen LogP contribution in [0.15, 0.2) is 48.5 Å². The highest BCUT2D eigenvalue weighted by molar-refractivity contribution is 6.31. The number of rotatable bonds is 3. The summed E-state index contributed by atoms with van der Waals surface area (Å²) in [5.41, 5.74) is 2.39. The van der Waals surface area contributed by atoms with E-state index in [0.29, 0.717) is 0 Å². The lowest BCUT2D eigenvalue weighted by atomic mass is 9.96. The smallest absolute Gasteiger partial charge is 0.0617 e. The molecular formula is C17H18Cl2N2. The van der Waals surface area contributed by atoms with Crippen LogP contribution in [0.25, 0.3) is 0 Å². The summed E-state index contributed by atoms with van der Waals surface area (Å²) in [5, 5.41) is 4.98. The number of hydrogen-bond acceptors (Lipinski definition) is 2. The molecule has 1 aliphatic heterocycles. The summed E-state index contributed by atoms with van der Waals surface area (Å²) in [7, 11) is 0. The van der Waals surface area contributed by atoms with Gasteiger partial charge in [0, 0.05) is 36.2 Å². The van der Waals surface area contributed by atoms with Crippen LogP contribution < -0.4 is 5.32 Å². The fourth-order valence-electron chi connectivity index (χ4n) is 2.87. The molecule has 0 spiro atoms. The van der Waals surface area contributed by atoms with E-state index < -0.39 is 0 Å². The van der Waals surface area contributed by atoms with Crippen LogP contribution in [-0.4, -0.2) is 31.1 Å². The second-order valence-corrected chi connectivity index (χ2v) is 6.11. The number of piperazine rings is 1. The van der Waals surface area contributed by atoms with E-state index in [9.17, 15) is 0 Å². The first-order chi connectivity index (χ1) is 10.3. The topological polar surface area (TPSA) is 15.3 Å². The molecule has 0 amide bonds. The van der Waals surface area contributed by atoms with E-state index in [1.54, 1.807) is 0 Å². The highest BCUT2D eigenvalue weighted by Gasteiger charge is 2.25. The summed E-state index contributed by atoms with van der Waals surface area (Å²) < 4.78 is 0. The van der Waals surface area contributed by atoms with E-state index in [1.165, 1.54) is 5.56 Å². The summed E-state index contributed by atoms with van der Waals surface area (Å²) in [4.78, 5) is 2.47. The van der Waals surface area contributed by atoms with Gasteiger partial charge in [-0.2, -0.15) is 0 Å². The minimum Gasteiger partial charge on any atom is -0.314 e. The molecule has 0 aliphatic carbocycles. The van der Waals surface area contributed by atoms with Crippen LogP contribution in [0.4, 0.5) is 0 Å². The predicted octanol–water partition coefficient (Wildman–Crippen LogP) is 3.99. The molecule has 21 heavy (non-hydrogen) atoms. The maximum absolute atomic E-state index is 6.45. The van der Waals surface area contributed by atoms with E-state index in [2.05, 4.69) is 28.4 Å². The van der Waals surface area contributed by atoms with Gasteiger partial charge in [-0.3, -0.25) is 4.90 Å². The molecule has 1 fully saturated rings. The van der Waals surface area contributed by atoms with Gasteiger partial charge in [0.05, 0.1) is 6.04 Å². The Hall–Kier alpha value is -1.06. The number of nitrogens with one attached hydrogen (secondary N) is 1. The van der Waals surface area contributed by atoms with E-state index in [-0.39, 0.29) is 6.04 Å². The van der Waals surface area contributed by atoms with Gasteiger partial charge >= 0.3 is 0 Å². The summed E-state index contributed by atoms with van der Waals surface area (Å²) in [6.07, 6.45) is 0. The Morgan fingerprint density at radius 1 is 0.905 bits per heavy atom. The number of halogens is 2. The van der Waals surface area contributed by atoms with Crippen LogP contribution in [0.2, 0.25) is 10.0 Å². The third-order valence-electron chi connectivity index (χ3n) is 3.90. The minimum atomic E-state index is 0.179. The summed E-state index contributed by atoms with van der Waals surface area (Å²) in [6, 6.07) is 16.4. The van der Waals surface area contributed by atoms with Crippen molar-refractivity contribution in [2.75, 3.05) is 26.2 Å². The van der Waals surface area contributed by atoms with Crippen LogP contribution >= 0.6 is 23.2 Å². The normalized spacial score (nSPS) is 17.6. The molecule has 1 N–H and O–H groups in total. The highest BCUT2D eigenvalue weighted by atomic mass is 35.5. The molecule has 1 aliphatic rings. The summed E-state index contributed by atoms with van der Waals surface area (Å²) in [5.74, 6) is 0. The van der Waals surface area contributed by atoms with Gasteiger partial charge in [0.2, 0.25) is 0 Å². The Kier molecular flexibility index (Phi) is 4.81. The summed E-state index contributed by atoms with van der Waals surface area (Å²) in [6.45, 7) is 4.04. The molecule has 0 bridgehead atoms. The second kappa shape index (κ2) is 6.80. The molecule has 3 rings (SSSR count). The minimum absolute atomic E-state index is 0.179. The Morgan fingerprint density at radius 3 is 2.24 bits per heavy atom. The molecule has 0 radical (unpaired) electrons. The molecule has 4 heteroatoms. The number of benzene rings is 2. The van der Waals surface area contributed by atoms with E-state index in [0.717, 1.165) is 41.8 Å². The quantitative estimate of drug-likeness (QED) is 0.920. The van der Waals surface area contributed by atoms with Crippen molar-refractivity contribution >= 4 is 23.2 Å². The average molecular weight is 321 g/mol. The third-order valence-corrected chi connectivity index (χ3v) is 4.50. The Morgan fingerprint density at radius 2 is 1.57 bits per heavy atom. The Bertz CT molecular complexity index is 592. The molecule has 2 aromatic rings. The predicted molar refractivity (Wildman–Crippen MR) is 89.2 cm³/mol. The van der Waals surface area contributed by atoms with E-state index in [1.807, 2.05) is 30.3 Å². The SMILES string of the molecule is Clc1ccc(C(c2ccccc2Cl)N2CCNCC2)cc1. The third kappa shape index (κ3) is 3.41. The standard InChI is InChI=1S/C17H18Cl2N2/c18-14-7-5-13(6-8-14)17(21-11-9-20-10-12-21)15-3-1-2-4-16(15)19/h1-8,17,20H,9-12H2. The number of hydrogen-bond donors (Lipinski definition) is 1. The van der Waals surface area contributed by atoms with Gasteiger partial charge in [-0.1, -0.05) is 53.5 Å². The van der Waals surface area contributed by atoms with Gasteiger partial charge in [0.1, 0.15) is 0 Å². The molecule has 1 heterocycles. The van der Waals surface area contributed by atoms with Crippen LogP contribution in [-0.2, 0) is 0 Å². The molecule has 1 unspecified atom stereocenters. The average Bonchev–Trinajstić information content (AvgIpc) is 2.52. The van der Waals surface area contributed by atoms with Crippen molar-refractivity contribution in [1.82, 2.24) is 10.2 Å². The molecule has 1 saturated heterocycles. The van der Waals surface area contributed by atoms with E-state index >= 15 is 0 Å². The fourth-order valence-corrected chi connectivity index (χ4v) is 3.23. The van der Waals surface area contributed by atoms with Crippen molar-refractivity contribution < 1.29 is 0 Å². The van der Waals surface area contributed by atoms with Crippen LogP contribution in [0.5, 0.6) is 0 Å². The van der Waals surface area contributed by atoms with Crippen LogP contribution in [0, 0.1) is 0 Å². The van der Waals surface area contributed by atoms with Crippen molar-refractivity contribution in [3.63, 3.8) is 0 Å². The first-order valence-electron chi connectivity index (χ1n) is 7.20. The monoisotopic (exact) mass is 320 g/mol. The first kappa shape index (κ1) is 14.9. The van der Waals surface area contributed by atoms with Gasteiger partial charge in [0.25, 0.3) is 0 Å². The van der Waals surface area contributed by atoms with Crippen LogP contribution in [0.3, 0.4) is 0 Å². The number of nitrogens with zero attached hydrogens (tertiary/aromatic N) is 1. The van der Waals surface area contributed by atoms with Gasteiger partial charge in [-0.15, -0.1) is 0 Å². The second-order valence-electron chi connectivity index (χ2n) is 5.26. The van der Waals surface area contributed by atoms with Gasteiger partial charge in [-0.05, 0) is 29.3 Å². The zero-order valence-corrected chi connectivity index (χ0v) is 13.2. The Balaban J connectivity index is 2.01. The zero-order chi connectivity index (χ0) is 14.7. The van der Waals surface area contributed by atoms with Gasteiger partial charge in [0.15, 0.2) is 0 Å². The molecule has 0 saturated carbocycles.